The Balaban J connectivity index is 2.25. The van der Waals surface area contributed by atoms with Gasteiger partial charge in [0.25, 0.3) is 0 Å². The largest absolute Gasteiger partial charge is 0.301 e. The zero-order chi connectivity index (χ0) is 10.4. The Morgan fingerprint density at radius 2 is 2.00 bits per heavy atom. The van der Waals surface area contributed by atoms with Crippen LogP contribution in [0.3, 0.4) is 0 Å². The van der Waals surface area contributed by atoms with E-state index in [-0.39, 0.29) is 0 Å². The van der Waals surface area contributed by atoms with Crippen molar-refractivity contribution < 1.29 is 12.9 Å². The van der Waals surface area contributed by atoms with E-state index in [0.717, 1.165) is 12.8 Å². The van der Waals surface area contributed by atoms with Crippen LogP contribution < -0.4 is 0 Å². The van der Waals surface area contributed by atoms with Gasteiger partial charge in [-0.25, -0.2) is 0 Å². The van der Waals surface area contributed by atoms with Gasteiger partial charge in [-0.3, -0.25) is 8.74 Å². The normalized spacial score (nSPS) is 12.7. The van der Waals surface area contributed by atoms with Crippen LogP contribution in [0.15, 0.2) is 24.3 Å². The molecule has 1 N–H and O–H groups in total. The molecule has 0 aliphatic rings. The van der Waals surface area contributed by atoms with Gasteiger partial charge in [-0.1, -0.05) is 29.8 Å². The van der Waals surface area contributed by atoms with Crippen molar-refractivity contribution in [3.8, 4) is 0 Å². The quantitative estimate of drug-likeness (QED) is 0.603. The highest BCUT2D eigenvalue weighted by Gasteiger charge is 1.95. The van der Waals surface area contributed by atoms with Gasteiger partial charge < -0.3 is 0 Å². The molecular formula is C10H14O3S. The van der Waals surface area contributed by atoms with E-state index in [1.807, 2.05) is 6.92 Å². The first-order chi connectivity index (χ1) is 6.68. The van der Waals surface area contributed by atoms with E-state index in [2.05, 4.69) is 28.4 Å². The van der Waals surface area contributed by atoms with E-state index in [1.165, 1.54) is 11.1 Å². The van der Waals surface area contributed by atoms with Crippen molar-refractivity contribution in [2.24, 2.45) is 0 Å². The summed E-state index contributed by atoms with van der Waals surface area (Å²) in [5.41, 5.74) is 2.46. The van der Waals surface area contributed by atoms with Crippen LogP contribution in [0.25, 0.3) is 0 Å². The third kappa shape index (κ3) is 4.50. The minimum absolute atomic E-state index is 0.316. The maximum Gasteiger partial charge on any atom is 0.301 e. The highest BCUT2D eigenvalue weighted by atomic mass is 32.2. The zero-order valence-electron chi connectivity index (χ0n) is 8.10. The lowest BCUT2D eigenvalue weighted by molar-refractivity contribution is 0.301. The first-order valence-electron chi connectivity index (χ1n) is 4.48. The summed E-state index contributed by atoms with van der Waals surface area (Å²) < 4.78 is 23.0. The Labute approximate surface area is 86.6 Å². The molecule has 0 bridgehead atoms. The summed E-state index contributed by atoms with van der Waals surface area (Å²) in [4.78, 5) is 0. The molecule has 0 aromatic heterocycles. The number of hydrogen-bond donors (Lipinski definition) is 1. The van der Waals surface area contributed by atoms with Crippen molar-refractivity contribution in [1.82, 2.24) is 0 Å². The van der Waals surface area contributed by atoms with Crippen molar-refractivity contribution in [2.45, 2.75) is 19.8 Å². The van der Waals surface area contributed by atoms with Crippen molar-refractivity contribution in [3.63, 3.8) is 0 Å². The molecule has 0 radical (unpaired) electrons. The van der Waals surface area contributed by atoms with Crippen molar-refractivity contribution >= 4 is 11.4 Å². The van der Waals surface area contributed by atoms with Crippen LogP contribution >= 0.6 is 0 Å². The molecule has 0 heterocycles. The Hall–Kier alpha value is -0.710. The van der Waals surface area contributed by atoms with Gasteiger partial charge in [0.2, 0.25) is 0 Å². The highest BCUT2D eigenvalue weighted by molar-refractivity contribution is 7.74. The average molecular weight is 214 g/mol. The lowest BCUT2D eigenvalue weighted by atomic mass is 10.1. The molecule has 3 nitrogen and oxygen atoms in total. The summed E-state index contributed by atoms with van der Waals surface area (Å²) in [6, 6.07) is 8.23. The second-order valence-corrected chi connectivity index (χ2v) is 3.80. The fourth-order valence-corrected chi connectivity index (χ4v) is 1.42. The maximum absolute atomic E-state index is 10.1. The van der Waals surface area contributed by atoms with Gasteiger partial charge in [-0.2, -0.15) is 4.21 Å². The van der Waals surface area contributed by atoms with E-state index < -0.39 is 11.4 Å². The van der Waals surface area contributed by atoms with E-state index in [9.17, 15) is 4.21 Å². The van der Waals surface area contributed by atoms with Gasteiger partial charge in [0.05, 0.1) is 6.61 Å². The van der Waals surface area contributed by atoms with Gasteiger partial charge in [-0.05, 0) is 25.3 Å². The molecule has 4 heteroatoms. The number of hydrogen-bond acceptors (Lipinski definition) is 2. The first kappa shape index (κ1) is 11.4. The smallest absolute Gasteiger partial charge is 0.284 e. The Bertz CT molecular complexity index is 295. The molecule has 0 amide bonds. The fourth-order valence-electron chi connectivity index (χ4n) is 1.16. The van der Waals surface area contributed by atoms with E-state index in [1.54, 1.807) is 0 Å². The second kappa shape index (κ2) is 5.90. The number of rotatable bonds is 5. The standard InChI is InChI=1S/C10H14O3S/c1-9-4-6-10(7-5-9)3-2-8-13-14(11)12/h4-7H,2-3,8H2,1H3,(H,11,12). The number of aryl methyl sites for hydroxylation is 2. The zero-order valence-corrected chi connectivity index (χ0v) is 8.92. The van der Waals surface area contributed by atoms with Crippen LogP contribution in [0, 0.1) is 6.92 Å². The Morgan fingerprint density at radius 3 is 2.57 bits per heavy atom. The van der Waals surface area contributed by atoms with Gasteiger partial charge in [0, 0.05) is 0 Å². The van der Waals surface area contributed by atoms with Crippen molar-refractivity contribution in [1.29, 1.82) is 0 Å². The third-order valence-corrected chi connectivity index (χ3v) is 2.28. The predicted molar refractivity (Wildman–Crippen MR) is 56.2 cm³/mol. The molecule has 1 aromatic rings. The minimum Gasteiger partial charge on any atom is -0.284 e. The highest BCUT2D eigenvalue weighted by Crippen LogP contribution is 2.05. The summed E-state index contributed by atoms with van der Waals surface area (Å²) in [6.07, 6.45) is 1.63. The van der Waals surface area contributed by atoms with Crippen LogP contribution in [0.4, 0.5) is 0 Å². The summed E-state index contributed by atoms with van der Waals surface area (Å²) in [6.45, 7) is 2.36. The molecule has 0 saturated heterocycles. The molecule has 1 aromatic carbocycles. The monoisotopic (exact) mass is 214 g/mol. The Morgan fingerprint density at radius 1 is 1.36 bits per heavy atom. The molecule has 0 fully saturated rings. The van der Waals surface area contributed by atoms with E-state index in [0.29, 0.717) is 6.61 Å². The molecule has 78 valence electrons. The Kier molecular flexibility index (Phi) is 4.79. The topological polar surface area (TPSA) is 46.5 Å². The molecule has 0 aliphatic carbocycles. The lowest BCUT2D eigenvalue weighted by Crippen LogP contribution is -1.98. The summed E-state index contributed by atoms with van der Waals surface area (Å²) in [5.74, 6) is 0. The van der Waals surface area contributed by atoms with Gasteiger partial charge in [0.15, 0.2) is 0 Å². The van der Waals surface area contributed by atoms with Crippen LogP contribution in [-0.2, 0) is 22.0 Å². The molecule has 14 heavy (non-hydrogen) atoms. The predicted octanol–water partition coefficient (Wildman–Crippen LogP) is 2.08. The van der Waals surface area contributed by atoms with Crippen LogP contribution in [-0.4, -0.2) is 15.4 Å². The molecule has 1 rings (SSSR count). The molecule has 0 aliphatic heterocycles. The number of benzene rings is 1. The van der Waals surface area contributed by atoms with Gasteiger partial charge >= 0.3 is 11.4 Å². The summed E-state index contributed by atoms with van der Waals surface area (Å²) in [7, 11) is 0. The fraction of sp³-hybridized carbons (Fsp3) is 0.400. The van der Waals surface area contributed by atoms with Crippen LogP contribution in [0.5, 0.6) is 0 Å². The van der Waals surface area contributed by atoms with Gasteiger partial charge in [0.1, 0.15) is 0 Å². The molecule has 1 unspecified atom stereocenters. The molecule has 0 spiro atoms. The lowest BCUT2D eigenvalue weighted by Gasteiger charge is -2.01. The molecule has 0 saturated carbocycles. The third-order valence-electron chi connectivity index (χ3n) is 1.91. The van der Waals surface area contributed by atoms with Gasteiger partial charge in [-0.15, -0.1) is 0 Å². The SMILES string of the molecule is Cc1ccc(CCCOS(=O)O)cc1. The van der Waals surface area contributed by atoms with Crippen LogP contribution in [0.1, 0.15) is 17.5 Å². The average Bonchev–Trinajstić information content (AvgIpc) is 2.15. The molecular weight excluding hydrogens is 200 g/mol. The van der Waals surface area contributed by atoms with Crippen molar-refractivity contribution in [2.75, 3.05) is 6.61 Å². The summed E-state index contributed by atoms with van der Waals surface area (Å²) in [5, 5.41) is 0. The first-order valence-corrected chi connectivity index (χ1v) is 5.51. The van der Waals surface area contributed by atoms with Crippen LogP contribution in [0.2, 0.25) is 0 Å². The van der Waals surface area contributed by atoms with Crippen molar-refractivity contribution in [3.05, 3.63) is 35.4 Å². The minimum atomic E-state index is -2.13. The second-order valence-electron chi connectivity index (χ2n) is 3.13. The summed E-state index contributed by atoms with van der Waals surface area (Å²) >= 11 is -2.13. The van der Waals surface area contributed by atoms with E-state index in [4.69, 9.17) is 4.55 Å². The van der Waals surface area contributed by atoms with E-state index >= 15 is 0 Å². The molecule has 1 atom stereocenters. The maximum atomic E-state index is 10.1.